The summed E-state index contributed by atoms with van der Waals surface area (Å²) < 4.78 is 5.38. The number of rotatable bonds is 2. The lowest BCUT2D eigenvalue weighted by atomic mass is 10.1. The maximum Gasteiger partial charge on any atom is 0.343 e. The predicted octanol–water partition coefficient (Wildman–Crippen LogP) is 6.97. The van der Waals surface area contributed by atoms with Crippen LogP contribution in [0.1, 0.15) is 60.3 Å². The molecule has 0 radical (unpaired) electrons. The summed E-state index contributed by atoms with van der Waals surface area (Å²) in [5.74, 6) is 6.37. The van der Waals surface area contributed by atoms with Crippen LogP contribution in [0.5, 0.6) is 5.75 Å². The highest BCUT2D eigenvalue weighted by Crippen LogP contribution is 2.14. The molecule has 150 valence electrons. The van der Waals surface area contributed by atoms with Gasteiger partial charge in [0.15, 0.2) is 0 Å². The lowest BCUT2D eigenvalue weighted by Crippen LogP contribution is -2.08. The monoisotopic (exact) mass is 386 g/mol. The molecule has 0 amide bonds. The zero-order valence-electron chi connectivity index (χ0n) is 18.2. The molecule has 0 aliphatic carbocycles. The molecule has 0 aliphatic heterocycles. The van der Waals surface area contributed by atoms with E-state index in [4.69, 9.17) is 4.74 Å². The average molecular weight is 387 g/mol. The van der Waals surface area contributed by atoms with E-state index in [9.17, 15) is 4.79 Å². The van der Waals surface area contributed by atoms with E-state index in [1.165, 1.54) is 5.56 Å². The molecule has 2 nitrogen and oxygen atoms in total. The van der Waals surface area contributed by atoms with E-state index < -0.39 is 0 Å². The Labute approximate surface area is 175 Å². The van der Waals surface area contributed by atoms with Gasteiger partial charge in [-0.15, -0.1) is 0 Å². The van der Waals surface area contributed by atoms with E-state index >= 15 is 0 Å². The van der Waals surface area contributed by atoms with Crippen LogP contribution < -0.4 is 4.74 Å². The molecular weight excluding hydrogens is 356 g/mol. The largest absolute Gasteiger partial charge is 0.423 e. The van der Waals surface area contributed by atoms with Crippen molar-refractivity contribution in [1.29, 1.82) is 0 Å². The Morgan fingerprint density at radius 3 is 1.45 bits per heavy atom. The molecule has 0 N–H and O–H groups in total. The van der Waals surface area contributed by atoms with Gasteiger partial charge in [0.05, 0.1) is 5.56 Å². The second-order valence-corrected chi connectivity index (χ2v) is 5.90. The normalized spacial score (nSPS) is 8.90. The fourth-order valence-corrected chi connectivity index (χ4v) is 2.24. The fraction of sp³-hybridized carbons (Fsp3) is 0.222. The molecule has 0 aromatic heterocycles. The minimum atomic E-state index is -0.363. The predicted molar refractivity (Wildman–Crippen MR) is 122 cm³/mol. The summed E-state index contributed by atoms with van der Waals surface area (Å²) in [5.41, 5.74) is 4.70. The summed E-state index contributed by atoms with van der Waals surface area (Å²) in [7, 11) is 0. The molecule has 2 heteroatoms. The first kappa shape index (κ1) is 23.7. The molecule has 3 rings (SSSR count). The molecule has 0 atom stereocenters. The van der Waals surface area contributed by atoms with Crippen LogP contribution in [-0.4, -0.2) is 5.97 Å². The summed E-state index contributed by atoms with van der Waals surface area (Å²) >= 11 is 0. The van der Waals surface area contributed by atoms with E-state index in [1.54, 1.807) is 24.3 Å². The highest BCUT2D eigenvalue weighted by molar-refractivity contribution is 5.91. The standard InChI is InChI=1S/C23H18O2.2C2H6/c1-17-3-7-19(8-4-17)9-10-20-11-15-22(16-12-20)25-23(24)21-13-5-18(2)6-14-21;2*1-2/h3-8,11-16H,1-2H3;2*1-2H3. The number of hydrogen-bond donors (Lipinski definition) is 0. The third-order valence-corrected chi connectivity index (χ3v) is 3.75. The van der Waals surface area contributed by atoms with Crippen LogP contribution in [0, 0.1) is 25.7 Å². The van der Waals surface area contributed by atoms with E-state index in [-0.39, 0.29) is 5.97 Å². The molecule has 3 aromatic rings. The maximum atomic E-state index is 12.1. The first-order chi connectivity index (χ1) is 14.1. The molecule has 0 aliphatic rings. The summed E-state index contributed by atoms with van der Waals surface area (Å²) in [5, 5.41) is 0. The Bertz CT molecular complexity index is 923. The molecule has 0 saturated heterocycles. The smallest absolute Gasteiger partial charge is 0.343 e. The summed E-state index contributed by atoms with van der Waals surface area (Å²) in [6, 6.07) is 22.6. The van der Waals surface area contributed by atoms with Crippen LogP contribution in [0.15, 0.2) is 72.8 Å². The molecule has 0 bridgehead atoms. The molecule has 0 heterocycles. The minimum Gasteiger partial charge on any atom is -0.423 e. The summed E-state index contributed by atoms with van der Waals surface area (Å²) in [4.78, 5) is 12.1. The molecule has 0 spiro atoms. The third-order valence-electron chi connectivity index (χ3n) is 3.75. The van der Waals surface area contributed by atoms with Gasteiger partial charge in [-0.3, -0.25) is 0 Å². The van der Waals surface area contributed by atoms with Gasteiger partial charge in [0.25, 0.3) is 0 Å². The first-order valence-corrected chi connectivity index (χ1v) is 10.1. The van der Waals surface area contributed by atoms with Crippen LogP contribution >= 0.6 is 0 Å². The number of aryl methyl sites for hydroxylation is 2. The van der Waals surface area contributed by atoms with Gasteiger partial charge in [-0.2, -0.15) is 0 Å². The quantitative estimate of drug-likeness (QED) is 0.270. The number of ether oxygens (including phenoxy) is 1. The SMILES string of the molecule is CC.CC.Cc1ccc(C#Cc2ccc(OC(=O)c3ccc(C)cc3)cc2)cc1. The van der Waals surface area contributed by atoms with Crippen LogP contribution in [0.3, 0.4) is 0 Å². The Hall–Kier alpha value is -3.31. The second kappa shape index (κ2) is 13.0. The average Bonchev–Trinajstić information content (AvgIpc) is 2.77. The fourth-order valence-electron chi connectivity index (χ4n) is 2.24. The molecule has 0 fully saturated rings. The van der Waals surface area contributed by atoms with Crippen LogP contribution in [-0.2, 0) is 0 Å². The van der Waals surface area contributed by atoms with Gasteiger partial charge >= 0.3 is 5.97 Å². The Morgan fingerprint density at radius 1 is 0.621 bits per heavy atom. The van der Waals surface area contributed by atoms with E-state index in [0.717, 1.165) is 16.7 Å². The number of benzene rings is 3. The number of carbonyl (C=O) groups excluding carboxylic acids is 1. The topological polar surface area (TPSA) is 26.3 Å². The zero-order valence-corrected chi connectivity index (χ0v) is 18.2. The van der Waals surface area contributed by atoms with Crippen LogP contribution in [0.2, 0.25) is 0 Å². The van der Waals surface area contributed by atoms with Crippen molar-refractivity contribution in [2.75, 3.05) is 0 Å². The van der Waals surface area contributed by atoms with Crippen molar-refractivity contribution < 1.29 is 9.53 Å². The minimum absolute atomic E-state index is 0.363. The van der Waals surface area contributed by atoms with Gasteiger partial charge in [-0.1, -0.05) is 74.9 Å². The lowest BCUT2D eigenvalue weighted by molar-refractivity contribution is 0.0735. The van der Waals surface area contributed by atoms with Crippen molar-refractivity contribution in [2.24, 2.45) is 0 Å². The summed E-state index contributed by atoms with van der Waals surface area (Å²) in [6.07, 6.45) is 0. The Kier molecular flexibility index (Phi) is 10.6. The Morgan fingerprint density at radius 2 is 1.00 bits per heavy atom. The van der Waals surface area contributed by atoms with Crippen molar-refractivity contribution in [3.8, 4) is 17.6 Å². The van der Waals surface area contributed by atoms with E-state index in [0.29, 0.717) is 11.3 Å². The van der Waals surface area contributed by atoms with Crippen LogP contribution in [0.25, 0.3) is 0 Å². The van der Waals surface area contributed by atoms with E-state index in [2.05, 4.69) is 11.8 Å². The van der Waals surface area contributed by atoms with Crippen LogP contribution in [0.4, 0.5) is 0 Å². The van der Waals surface area contributed by atoms with Gasteiger partial charge in [0.1, 0.15) is 5.75 Å². The Balaban J connectivity index is 0.000000989. The molecule has 29 heavy (non-hydrogen) atoms. The van der Waals surface area contributed by atoms with Gasteiger partial charge in [0, 0.05) is 11.1 Å². The lowest BCUT2D eigenvalue weighted by Gasteiger charge is -2.04. The van der Waals surface area contributed by atoms with Gasteiger partial charge in [-0.25, -0.2) is 4.79 Å². The van der Waals surface area contributed by atoms with Crippen molar-refractivity contribution in [3.05, 3.63) is 101 Å². The highest BCUT2D eigenvalue weighted by atomic mass is 16.5. The molecule has 0 unspecified atom stereocenters. The van der Waals surface area contributed by atoms with Crippen molar-refractivity contribution in [1.82, 2.24) is 0 Å². The van der Waals surface area contributed by atoms with Crippen molar-refractivity contribution in [3.63, 3.8) is 0 Å². The number of hydrogen-bond acceptors (Lipinski definition) is 2. The number of carbonyl (C=O) groups is 1. The van der Waals surface area contributed by atoms with E-state index in [1.807, 2.05) is 90.1 Å². The van der Waals surface area contributed by atoms with Crippen molar-refractivity contribution >= 4 is 5.97 Å². The van der Waals surface area contributed by atoms with Gasteiger partial charge < -0.3 is 4.74 Å². The highest BCUT2D eigenvalue weighted by Gasteiger charge is 2.07. The van der Waals surface area contributed by atoms with Gasteiger partial charge in [-0.05, 0) is 62.4 Å². The van der Waals surface area contributed by atoms with Gasteiger partial charge in [0.2, 0.25) is 0 Å². The maximum absolute atomic E-state index is 12.1. The number of esters is 1. The summed E-state index contributed by atoms with van der Waals surface area (Å²) in [6.45, 7) is 12.0. The second-order valence-electron chi connectivity index (χ2n) is 5.90. The molecule has 0 saturated carbocycles. The molecule has 3 aromatic carbocycles. The first-order valence-electron chi connectivity index (χ1n) is 10.1. The zero-order chi connectivity index (χ0) is 21.6. The molecular formula is C27H30O2. The third kappa shape index (κ3) is 8.07. The van der Waals surface area contributed by atoms with Crippen molar-refractivity contribution in [2.45, 2.75) is 41.5 Å².